The molecule has 1 amide bonds. The predicted octanol–water partition coefficient (Wildman–Crippen LogP) is 5.77. The van der Waals surface area contributed by atoms with Gasteiger partial charge in [0.05, 0.1) is 22.2 Å². The van der Waals surface area contributed by atoms with Crippen molar-refractivity contribution in [3.05, 3.63) is 88.9 Å². The molecule has 1 aromatic heterocycles. The molecule has 4 aromatic rings. The van der Waals surface area contributed by atoms with E-state index in [4.69, 9.17) is 16.3 Å². The van der Waals surface area contributed by atoms with Crippen molar-refractivity contribution in [1.29, 1.82) is 0 Å². The quantitative estimate of drug-likeness (QED) is 0.203. The molecule has 0 saturated heterocycles. The van der Waals surface area contributed by atoms with Crippen molar-refractivity contribution < 1.29 is 9.53 Å². The molecule has 31 heavy (non-hydrogen) atoms. The van der Waals surface area contributed by atoms with Crippen LogP contribution in [0.2, 0.25) is 5.02 Å². The topological polar surface area (TPSA) is 63.6 Å². The largest absolute Gasteiger partial charge is 0.488 e. The number of nitrogens with zero attached hydrogens (tertiary/aromatic N) is 2. The number of ether oxygens (including phenoxy) is 1. The van der Waals surface area contributed by atoms with E-state index in [-0.39, 0.29) is 11.7 Å². The molecule has 0 aliphatic heterocycles. The second kappa shape index (κ2) is 10.4. The normalized spacial score (nSPS) is 11.1. The van der Waals surface area contributed by atoms with Gasteiger partial charge in [0.15, 0.2) is 4.34 Å². The van der Waals surface area contributed by atoms with Crippen molar-refractivity contribution in [3.8, 4) is 5.75 Å². The van der Waals surface area contributed by atoms with Crippen LogP contribution in [0.15, 0.2) is 82.2 Å². The Morgan fingerprint density at radius 1 is 1.10 bits per heavy atom. The van der Waals surface area contributed by atoms with Crippen molar-refractivity contribution in [1.82, 2.24) is 10.4 Å². The van der Waals surface area contributed by atoms with Crippen LogP contribution in [-0.2, 0) is 11.4 Å². The van der Waals surface area contributed by atoms with E-state index in [1.807, 2.05) is 72.8 Å². The van der Waals surface area contributed by atoms with Gasteiger partial charge in [-0.2, -0.15) is 5.10 Å². The molecular formula is C23H18ClN3O2S2. The van der Waals surface area contributed by atoms with Crippen LogP contribution >= 0.6 is 34.7 Å². The average Bonchev–Trinajstić information content (AvgIpc) is 3.21. The van der Waals surface area contributed by atoms with Crippen molar-refractivity contribution in [2.24, 2.45) is 5.10 Å². The number of rotatable bonds is 8. The van der Waals surface area contributed by atoms with E-state index < -0.39 is 0 Å². The SMILES string of the molecule is O=C(CSc1nc2ccccc2s1)N/N=C\c1ccccc1OCc1ccccc1Cl. The van der Waals surface area contributed by atoms with E-state index in [2.05, 4.69) is 15.5 Å². The van der Waals surface area contributed by atoms with Crippen LogP contribution in [0.25, 0.3) is 10.2 Å². The van der Waals surface area contributed by atoms with Crippen molar-refractivity contribution in [2.45, 2.75) is 10.9 Å². The molecule has 0 atom stereocenters. The highest BCUT2D eigenvalue weighted by atomic mass is 35.5. The molecule has 0 aliphatic rings. The number of thioether (sulfide) groups is 1. The van der Waals surface area contributed by atoms with Gasteiger partial charge in [-0.15, -0.1) is 11.3 Å². The van der Waals surface area contributed by atoms with Gasteiger partial charge in [-0.05, 0) is 30.3 Å². The third-order valence-corrected chi connectivity index (χ3v) is 6.80. The van der Waals surface area contributed by atoms with Gasteiger partial charge in [0, 0.05) is 16.1 Å². The molecular weight excluding hydrogens is 450 g/mol. The Bertz CT molecular complexity index is 1190. The van der Waals surface area contributed by atoms with Crippen molar-refractivity contribution in [2.75, 3.05) is 5.75 Å². The first-order chi connectivity index (χ1) is 15.2. The van der Waals surface area contributed by atoms with Crippen LogP contribution in [0.3, 0.4) is 0 Å². The zero-order valence-electron chi connectivity index (χ0n) is 16.3. The number of benzene rings is 3. The number of aromatic nitrogens is 1. The molecule has 0 unspecified atom stereocenters. The summed E-state index contributed by atoms with van der Waals surface area (Å²) in [6.07, 6.45) is 1.57. The molecule has 0 spiro atoms. The maximum absolute atomic E-state index is 12.1. The number of hydrazone groups is 1. The van der Waals surface area contributed by atoms with Gasteiger partial charge in [0.25, 0.3) is 5.91 Å². The van der Waals surface area contributed by atoms with E-state index in [0.717, 1.165) is 25.7 Å². The lowest BCUT2D eigenvalue weighted by Gasteiger charge is -2.10. The molecule has 0 bridgehead atoms. The van der Waals surface area contributed by atoms with E-state index in [1.54, 1.807) is 17.6 Å². The molecule has 0 aliphatic carbocycles. The maximum atomic E-state index is 12.1. The van der Waals surface area contributed by atoms with Gasteiger partial charge in [-0.1, -0.05) is 65.8 Å². The third kappa shape index (κ3) is 5.85. The number of carbonyl (C=O) groups is 1. The summed E-state index contributed by atoms with van der Waals surface area (Å²) in [4.78, 5) is 16.7. The van der Waals surface area contributed by atoms with Gasteiger partial charge in [0.1, 0.15) is 12.4 Å². The fourth-order valence-electron chi connectivity index (χ4n) is 2.74. The van der Waals surface area contributed by atoms with Gasteiger partial charge < -0.3 is 4.74 Å². The lowest BCUT2D eigenvalue weighted by molar-refractivity contribution is -0.118. The molecule has 1 heterocycles. The highest BCUT2D eigenvalue weighted by Gasteiger charge is 2.08. The summed E-state index contributed by atoms with van der Waals surface area (Å²) < 4.78 is 7.86. The second-order valence-corrected chi connectivity index (χ2v) is 9.11. The summed E-state index contributed by atoms with van der Waals surface area (Å²) in [5.41, 5.74) is 5.16. The van der Waals surface area contributed by atoms with Crippen LogP contribution in [0, 0.1) is 0 Å². The number of carbonyl (C=O) groups excluding carboxylic acids is 1. The van der Waals surface area contributed by atoms with E-state index in [9.17, 15) is 4.79 Å². The average molecular weight is 468 g/mol. The molecule has 4 rings (SSSR count). The van der Waals surface area contributed by atoms with E-state index in [1.165, 1.54) is 11.8 Å². The maximum Gasteiger partial charge on any atom is 0.250 e. The van der Waals surface area contributed by atoms with Crippen molar-refractivity contribution in [3.63, 3.8) is 0 Å². The Labute approximate surface area is 193 Å². The zero-order chi connectivity index (χ0) is 21.5. The lowest BCUT2D eigenvalue weighted by Crippen LogP contribution is -2.19. The van der Waals surface area contributed by atoms with Gasteiger partial charge >= 0.3 is 0 Å². The molecule has 8 heteroatoms. The Balaban J connectivity index is 1.31. The minimum Gasteiger partial charge on any atom is -0.488 e. The number of hydrogen-bond donors (Lipinski definition) is 1. The molecule has 1 N–H and O–H groups in total. The van der Waals surface area contributed by atoms with Gasteiger partial charge in [-0.25, -0.2) is 10.4 Å². The highest BCUT2D eigenvalue weighted by molar-refractivity contribution is 8.01. The zero-order valence-corrected chi connectivity index (χ0v) is 18.7. The number of fused-ring (bicyclic) bond motifs is 1. The van der Waals surface area contributed by atoms with Crippen LogP contribution in [0.1, 0.15) is 11.1 Å². The molecule has 156 valence electrons. The van der Waals surface area contributed by atoms with Crippen LogP contribution < -0.4 is 10.2 Å². The number of halogens is 1. The van der Waals surface area contributed by atoms with Crippen LogP contribution in [0.4, 0.5) is 0 Å². The third-order valence-electron chi connectivity index (χ3n) is 4.25. The smallest absolute Gasteiger partial charge is 0.250 e. The summed E-state index contributed by atoms with van der Waals surface area (Å²) in [5, 5.41) is 4.73. The minimum atomic E-state index is -0.199. The Kier molecular flexibility index (Phi) is 7.19. The van der Waals surface area contributed by atoms with Gasteiger partial charge in [-0.3, -0.25) is 4.79 Å². The first-order valence-corrected chi connectivity index (χ1v) is 11.6. The highest BCUT2D eigenvalue weighted by Crippen LogP contribution is 2.29. The Hall–Kier alpha value is -2.87. The first-order valence-electron chi connectivity index (χ1n) is 9.44. The number of nitrogens with one attached hydrogen (secondary N) is 1. The fraction of sp³-hybridized carbons (Fsp3) is 0.0870. The second-order valence-electron chi connectivity index (χ2n) is 6.45. The number of hydrogen-bond acceptors (Lipinski definition) is 6. The summed E-state index contributed by atoms with van der Waals surface area (Å²) >= 11 is 9.16. The molecule has 0 radical (unpaired) electrons. The van der Waals surface area contributed by atoms with Gasteiger partial charge in [0.2, 0.25) is 0 Å². The monoisotopic (exact) mass is 467 g/mol. The summed E-state index contributed by atoms with van der Waals surface area (Å²) in [6.45, 7) is 0.343. The summed E-state index contributed by atoms with van der Waals surface area (Å²) in [6, 6.07) is 22.9. The van der Waals surface area contributed by atoms with Crippen molar-refractivity contribution >= 4 is 57.0 Å². The van der Waals surface area contributed by atoms with Crippen LogP contribution in [0.5, 0.6) is 5.75 Å². The number of para-hydroxylation sites is 2. The fourth-order valence-corrected chi connectivity index (χ4v) is 4.79. The molecule has 5 nitrogen and oxygen atoms in total. The lowest BCUT2D eigenvalue weighted by atomic mass is 10.2. The Morgan fingerprint density at radius 3 is 2.74 bits per heavy atom. The first kappa shape index (κ1) is 21.4. The number of thiazole rings is 1. The Morgan fingerprint density at radius 2 is 1.87 bits per heavy atom. The minimum absolute atomic E-state index is 0.199. The molecule has 0 saturated carbocycles. The number of amides is 1. The molecule has 0 fully saturated rings. The summed E-state index contributed by atoms with van der Waals surface area (Å²) in [7, 11) is 0. The standard InChI is InChI=1S/C23H18ClN3O2S2/c24-18-9-3-1-8-17(18)14-29-20-11-5-2-7-16(20)13-25-27-22(28)15-30-23-26-19-10-4-6-12-21(19)31-23/h1-13H,14-15H2,(H,27,28)/b25-13-. The predicted molar refractivity (Wildman–Crippen MR) is 128 cm³/mol. The van der Waals surface area contributed by atoms with E-state index in [0.29, 0.717) is 17.4 Å². The van der Waals surface area contributed by atoms with E-state index >= 15 is 0 Å². The van der Waals surface area contributed by atoms with Crippen LogP contribution in [-0.4, -0.2) is 22.9 Å². The summed E-state index contributed by atoms with van der Waals surface area (Å²) in [5.74, 6) is 0.696. The molecule has 3 aromatic carbocycles.